The predicted molar refractivity (Wildman–Crippen MR) is 80.5 cm³/mol. The van der Waals surface area contributed by atoms with Crippen LogP contribution in [-0.4, -0.2) is 25.2 Å². The Kier molecular flexibility index (Phi) is 5.41. The Hall–Kier alpha value is -1.55. The second-order valence-corrected chi connectivity index (χ2v) is 5.55. The fourth-order valence-corrected chi connectivity index (χ4v) is 2.54. The van der Waals surface area contributed by atoms with Crippen molar-refractivity contribution in [1.29, 1.82) is 0 Å². The van der Waals surface area contributed by atoms with Gasteiger partial charge < -0.3 is 15.8 Å². The highest BCUT2D eigenvalue weighted by Gasteiger charge is 2.16. The molecule has 0 aromatic heterocycles. The maximum Gasteiger partial charge on any atom is 0.220 e. The highest BCUT2D eigenvalue weighted by Crippen LogP contribution is 2.20. The van der Waals surface area contributed by atoms with E-state index in [2.05, 4.69) is 12.2 Å². The largest absolute Gasteiger partial charge is 0.399 e. The number of carbonyl (C=O) groups excluding carboxylic acids is 1. The standard InChI is InChI=1S/C16H24N2O2/c1-12(13-4-6-14(17)7-5-13)11-16(19)18-9-8-15-3-2-10-20-15/h4-7,12,15H,2-3,8-11,17H2,1H3,(H,18,19). The number of hydrogen-bond acceptors (Lipinski definition) is 3. The van der Waals surface area contributed by atoms with E-state index in [0.29, 0.717) is 19.1 Å². The van der Waals surface area contributed by atoms with E-state index < -0.39 is 0 Å². The highest BCUT2D eigenvalue weighted by molar-refractivity contribution is 5.76. The molecule has 2 rings (SSSR count). The Balaban J connectivity index is 1.69. The first-order valence-electron chi connectivity index (χ1n) is 7.39. The third-order valence-electron chi connectivity index (χ3n) is 3.81. The van der Waals surface area contributed by atoms with Crippen molar-refractivity contribution in [2.45, 2.75) is 44.6 Å². The number of ether oxygens (including phenoxy) is 1. The molecule has 0 bridgehead atoms. The molecule has 110 valence electrons. The van der Waals surface area contributed by atoms with Gasteiger partial charge in [0, 0.05) is 25.3 Å². The number of hydrogen-bond donors (Lipinski definition) is 2. The maximum absolute atomic E-state index is 11.9. The van der Waals surface area contributed by atoms with Gasteiger partial charge in [-0.25, -0.2) is 0 Å². The van der Waals surface area contributed by atoms with Crippen molar-refractivity contribution in [3.8, 4) is 0 Å². The van der Waals surface area contributed by atoms with E-state index in [1.807, 2.05) is 24.3 Å². The number of nitrogens with one attached hydrogen (secondary N) is 1. The molecule has 20 heavy (non-hydrogen) atoms. The molecule has 1 aromatic carbocycles. The summed E-state index contributed by atoms with van der Waals surface area (Å²) in [5.74, 6) is 0.311. The molecule has 2 unspecified atom stereocenters. The molecule has 1 fully saturated rings. The highest BCUT2D eigenvalue weighted by atomic mass is 16.5. The molecule has 1 aromatic rings. The van der Waals surface area contributed by atoms with Crippen LogP contribution >= 0.6 is 0 Å². The fourth-order valence-electron chi connectivity index (χ4n) is 2.54. The summed E-state index contributed by atoms with van der Waals surface area (Å²) in [6.45, 7) is 3.63. The van der Waals surface area contributed by atoms with Gasteiger partial charge in [-0.1, -0.05) is 19.1 Å². The number of nitrogens with two attached hydrogens (primary N) is 1. The SMILES string of the molecule is CC(CC(=O)NCCC1CCCO1)c1ccc(N)cc1. The lowest BCUT2D eigenvalue weighted by atomic mass is 9.97. The van der Waals surface area contributed by atoms with Crippen LogP contribution in [0, 0.1) is 0 Å². The van der Waals surface area contributed by atoms with Crippen LogP contribution in [0.25, 0.3) is 0 Å². The van der Waals surface area contributed by atoms with E-state index in [9.17, 15) is 4.79 Å². The molecule has 0 saturated carbocycles. The van der Waals surface area contributed by atoms with Crippen LogP contribution in [0.15, 0.2) is 24.3 Å². The molecule has 1 heterocycles. The molecule has 0 radical (unpaired) electrons. The average molecular weight is 276 g/mol. The summed E-state index contributed by atoms with van der Waals surface area (Å²) in [5, 5.41) is 2.98. The van der Waals surface area contributed by atoms with Crippen LogP contribution in [-0.2, 0) is 9.53 Å². The molecule has 1 amide bonds. The summed E-state index contributed by atoms with van der Waals surface area (Å²) in [7, 11) is 0. The number of benzene rings is 1. The first kappa shape index (κ1) is 14.9. The molecule has 3 N–H and O–H groups in total. The van der Waals surface area contributed by atoms with Crippen LogP contribution < -0.4 is 11.1 Å². The van der Waals surface area contributed by atoms with E-state index in [1.54, 1.807) is 0 Å². The smallest absolute Gasteiger partial charge is 0.220 e. The van der Waals surface area contributed by atoms with Crippen LogP contribution in [0.5, 0.6) is 0 Å². The van der Waals surface area contributed by atoms with Crippen molar-refractivity contribution < 1.29 is 9.53 Å². The average Bonchev–Trinajstić information content (AvgIpc) is 2.92. The summed E-state index contributed by atoms with van der Waals surface area (Å²) in [5.41, 5.74) is 7.56. The van der Waals surface area contributed by atoms with Gasteiger partial charge in [0.15, 0.2) is 0 Å². The van der Waals surface area contributed by atoms with Crippen molar-refractivity contribution >= 4 is 11.6 Å². The summed E-state index contributed by atoms with van der Waals surface area (Å²) in [4.78, 5) is 11.9. The van der Waals surface area contributed by atoms with Gasteiger partial charge >= 0.3 is 0 Å². The van der Waals surface area contributed by atoms with Gasteiger partial charge in [0.25, 0.3) is 0 Å². The Bertz CT molecular complexity index is 425. The Morgan fingerprint density at radius 1 is 1.45 bits per heavy atom. The van der Waals surface area contributed by atoms with Crippen LogP contribution in [0.4, 0.5) is 5.69 Å². The number of anilines is 1. The lowest BCUT2D eigenvalue weighted by Crippen LogP contribution is -2.27. The zero-order valence-electron chi connectivity index (χ0n) is 12.1. The Labute approximate surface area is 120 Å². The van der Waals surface area contributed by atoms with E-state index in [0.717, 1.165) is 37.1 Å². The van der Waals surface area contributed by atoms with E-state index in [-0.39, 0.29) is 11.8 Å². The minimum absolute atomic E-state index is 0.104. The topological polar surface area (TPSA) is 64.3 Å². The zero-order valence-corrected chi connectivity index (χ0v) is 12.1. The summed E-state index contributed by atoms with van der Waals surface area (Å²) >= 11 is 0. The maximum atomic E-state index is 11.9. The summed E-state index contributed by atoms with van der Waals surface area (Å²) in [6, 6.07) is 7.72. The second-order valence-electron chi connectivity index (χ2n) is 5.55. The molecule has 2 atom stereocenters. The molecule has 1 saturated heterocycles. The first-order chi connectivity index (χ1) is 9.65. The number of nitrogen functional groups attached to an aromatic ring is 1. The minimum atomic E-state index is 0.104. The van der Waals surface area contributed by atoms with Gasteiger partial charge in [0.05, 0.1) is 6.10 Å². The normalized spacial score (nSPS) is 19.8. The van der Waals surface area contributed by atoms with Crippen molar-refractivity contribution in [1.82, 2.24) is 5.32 Å². The fraction of sp³-hybridized carbons (Fsp3) is 0.562. The van der Waals surface area contributed by atoms with Crippen molar-refractivity contribution in [2.75, 3.05) is 18.9 Å². The lowest BCUT2D eigenvalue weighted by molar-refractivity contribution is -0.121. The minimum Gasteiger partial charge on any atom is -0.399 e. The Morgan fingerprint density at radius 2 is 2.20 bits per heavy atom. The zero-order chi connectivity index (χ0) is 14.4. The summed E-state index contributed by atoms with van der Waals surface area (Å²) < 4.78 is 5.53. The predicted octanol–water partition coefficient (Wildman–Crippen LogP) is 2.45. The lowest BCUT2D eigenvalue weighted by Gasteiger charge is -2.13. The van der Waals surface area contributed by atoms with Gasteiger partial charge in [-0.2, -0.15) is 0 Å². The monoisotopic (exact) mass is 276 g/mol. The van der Waals surface area contributed by atoms with Gasteiger partial charge in [-0.05, 0) is 42.9 Å². The van der Waals surface area contributed by atoms with Crippen LogP contribution in [0.3, 0.4) is 0 Å². The molecular formula is C16H24N2O2. The molecule has 1 aliphatic rings. The third kappa shape index (κ3) is 4.53. The first-order valence-corrected chi connectivity index (χ1v) is 7.39. The van der Waals surface area contributed by atoms with E-state index in [4.69, 9.17) is 10.5 Å². The van der Waals surface area contributed by atoms with Crippen molar-refractivity contribution in [3.63, 3.8) is 0 Å². The third-order valence-corrected chi connectivity index (χ3v) is 3.81. The van der Waals surface area contributed by atoms with Gasteiger partial charge in [0.2, 0.25) is 5.91 Å². The molecule has 4 heteroatoms. The van der Waals surface area contributed by atoms with Crippen molar-refractivity contribution in [3.05, 3.63) is 29.8 Å². The van der Waals surface area contributed by atoms with Gasteiger partial charge in [-0.15, -0.1) is 0 Å². The number of rotatable bonds is 6. The second kappa shape index (κ2) is 7.29. The van der Waals surface area contributed by atoms with Crippen LogP contribution in [0.2, 0.25) is 0 Å². The van der Waals surface area contributed by atoms with Crippen LogP contribution in [0.1, 0.15) is 44.1 Å². The summed E-state index contributed by atoms with van der Waals surface area (Å²) in [6.07, 6.45) is 4.03. The molecule has 1 aliphatic heterocycles. The molecular weight excluding hydrogens is 252 g/mol. The van der Waals surface area contributed by atoms with Gasteiger partial charge in [0.1, 0.15) is 0 Å². The van der Waals surface area contributed by atoms with E-state index >= 15 is 0 Å². The quantitative estimate of drug-likeness (QED) is 0.784. The van der Waals surface area contributed by atoms with Crippen molar-refractivity contribution in [2.24, 2.45) is 0 Å². The number of amides is 1. The van der Waals surface area contributed by atoms with E-state index in [1.165, 1.54) is 0 Å². The molecule has 0 spiro atoms. The molecule has 0 aliphatic carbocycles. The Morgan fingerprint density at radius 3 is 2.85 bits per heavy atom. The van der Waals surface area contributed by atoms with Gasteiger partial charge in [-0.3, -0.25) is 4.79 Å². The number of carbonyl (C=O) groups is 1. The molecule has 4 nitrogen and oxygen atoms in total.